The van der Waals surface area contributed by atoms with E-state index in [-0.39, 0.29) is 6.61 Å². The molecule has 0 unspecified atom stereocenters. The molecule has 34 heavy (non-hydrogen) atoms. The van der Waals surface area contributed by atoms with Crippen LogP contribution in [0, 0.1) is 0 Å². The third kappa shape index (κ3) is 6.51. The fraction of sp³-hybridized carbons (Fsp3) is 0.357. The van der Waals surface area contributed by atoms with Crippen molar-refractivity contribution in [3.05, 3.63) is 108 Å². The van der Waals surface area contributed by atoms with Gasteiger partial charge < -0.3 is 28.8 Å². The van der Waals surface area contributed by atoms with Gasteiger partial charge in [0.05, 0.1) is 26.4 Å². The lowest BCUT2D eigenvalue weighted by Gasteiger charge is -2.45. The number of aliphatic hydroxyl groups excluding tert-OH is 1. The normalized spacial score (nSPS) is 24.7. The summed E-state index contributed by atoms with van der Waals surface area (Å²) in [4.78, 5) is 0. The van der Waals surface area contributed by atoms with E-state index in [0.29, 0.717) is 19.8 Å². The Kier molecular flexibility index (Phi) is 9.21. The third-order valence-electron chi connectivity index (χ3n) is 5.86. The van der Waals surface area contributed by atoms with Crippen LogP contribution in [0.1, 0.15) is 16.7 Å². The number of hydrogen-bond donors (Lipinski definition) is 1. The predicted octanol–water partition coefficient (Wildman–Crippen LogP) is 4.11. The SMILES string of the molecule is CO[C@@H]1O[C@@H](CO)[C@H](OCc2ccccc2)[C@H](OCc2ccccc2)[C@H]1OCc1ccccc1. The smallest absolute Gasteiger partial charge is 0.186 e. The fourth-order valence-corrected chi connectivity index (χ4v) is 4.08. The maximum atomic E-state index is 10.1. The Morgan fingerprint density at radius 2 is 1.03 bits per heavy atom. The Hall–Kier alpha value is -2.58. The van der Waals surface area contributed by atoms with Gasteiger partial charge in [0.25, 0.3) is 0 Å². The summed E-state index contributed by atoms with van der Waals surface area (Å²) in [5, 5.41) is 10.1. The minimum atomic E-state index is -0.710. The third-order valence-corrected chi connectivity index (χ3v) is 5.86. The van der Waals surface area contributed by atoms with E-state index in [1.54, 1.807) is 7.11 Å². The molecule has 5 atom stereocenters. The zero-order valence-electron chi connectivity index (χ0n) is 19.4. The number of benzene rings is 3. The average Bonchev–Trinajstić information content (AvgIpc) is 2.91. The topological polar surface area (TPSA) is 66.4 Å². The molecule has 0 saturated carbocycles. The largest absolute Gasteiger partial charge is 0.394 e. The molecule has 1 saturated heterocycles. The highest BCUT2D eigenvalue weighted by molar-refractivity contribution is 5.15. The van der Waals surface area contributed by atoms with Gasteiger partial charge in [0.2, 0.25) is 0 Å². The lowest BCUT2D eigenvalue weighted by molar-refractivity contribution is -0.321. The van der Waals surface area contributed by atoms with Crippen molar-refractivity contribution in [2.75, 3.05) is 13.7 Å². The van der Waals surface area contributed by atoms with Gasteiger partial charge in [-0.2, -0.15) is 0 Å². The van der Waals surface area contributed by atoms with Crippen LogP contribution in [0.2, 0.25) is 0 Å². The van der Waals surface area contributed by atoms with E-state index in [9.17, 15) is 5.11 Å². The van der Waals surface area contributed by atoms with Crippen LogP contribution in [0.4, 0.5) is 0 Å². The van der Waals surface area contributed by atoms with Crippen LogP contribution in [0.5, 0.6) is 0 Å². The molecule has 6 heteroatoms. The summed E-state index contributed by atoms with van der Waals surface area (Å²) in [6, 6.07) is 29.8. The van der Waals surface area contributed by atoms with Crippen LogP contribution >= 0.6 is 0 Å². The first-order valence-electron chi connectivity index (χ1n) is 11.5. The van der Waals surface area contributed by atoms with Crippen molar-refractivity contribution in [3.8, 4) is 0 Å². The molecule has 0 spiro atoms. The Labute approximate surface area is 201 Å². The van der Waals surface area contributed by atoms with E-state index in [0.717, 1.165) is 16.7 Å². The van der Waals surface area contributed by atoms with E-state index < -0.39 is 30.7 Å². The molecule has 3 aromatic rings. The summed E-state index contributed by atoms with van der Waals surface area (Å²) in [5.74, 6) is 0. The first-order chi connectivity index (χ1) is 16.8. The Bertz CT molecular complexity index is 895. The van der Waals surface area contributed by atoms with Gasteiger partial charge in [-0.05, 0) is 16.7 Å². The number of ether oxygens (including phenoxy) is 5. The number of rotatable bonds is 11. The highest BCUT2D eigenvalue weighted by atomic mass is 16.7. The van der Waals surface area contributed by atoms with Crippen molar-refractivity contribution >= 4 is 0 Å². The van der Waals surface area contributed by atoms with Crippen molar-refractivity contribution in [2.24, 2.45) is 0 Å². The zero-order chi connectivity index (χ0) is 23.6. The van der Waals surface area contributed by atoms with Gasteiger partial charge in [0.15, 0.2) is 6.29 Å². The molecule has 1 fully saturated rings. The molecule has 1 N–H and O–H groups in total. The maximum Gasteiger partial charge on any atom is 0.186 e. The van der Waals surface area contributed by atoms with Crippen LogP contribution in [0.25, 0.3) is 0 Å². The molecule has 1 aliphatic rings. The van der Waals surface area contributed by atoms with E-state index in [2.05, 4.69) is 0 Å². The molecule has 0 aliphatic carbocycles. The minimum absolute atomic E-state index is 0.226. The molecule has 0 bridgehead atoms. The van der Waals surface area contributed by atoms with Crippen LogP contribution in [-0.4, -0.2) is 49.5 Å². The summed E-state index contributed by atoms with van der Waals surface area (Å²) >= 11 is 0. The lowest BCUT2D eigenvalue weighted by Crippen LogP contribution is -2.61. The molecule has 180 valence electrons. The van der Waals surface area contributed by atoms with Gasteiger partial charge in [-0.1, -0.05) is 91.0 Å². The lowest BCUT2D eigenvalue weighted by atomic mass is 9.98. The van der Waals surface area contributed by atoms with Crippen LogP contribution < -0.4 is 0 Å². The standard InChI is InChI=1S/C28H32O6/c1-30-28-27(33-20-23-15-9-4-10-16-23)26(32-19-22-13-7-3-8-14-22)25(24(17-29)34-28)31-18-21-11-5-2-6-12-21/h2-16,24-29H,17-20H2,1H3/t24-,25-,26-,27+,28+/m0/s1. The second-order valence-corrected chi connectivity index (χ2v) is 8.24. The Morgan fingerprint density at radius 3 is 1.44 bits per heavy atom. The minimum Gasteiger partial charge on any atom is -0.394 e. The van der Waals surface area contributed by atoms with E-state index in [1.807, 2.05) is 91.0 Å². The van der Waals surface area contributed by atoms with Crippen molar-refractivity contribution < 1.29 is 28.8 Å². The van der Waals surface area contributed by atoms with E-state index >= 15 is 0 Å². The van der Waals surface area contributed by atoms with Gasteiger partial charge >= 0.3 is 0 Å². The summed E-state index contributed by atoms with van der Waals surface area (Å²) < 4.78 is 30.7. The maximum absolute atomic E-state index is 10.1. The van der Waals surface area contributed by atoms with Gasteiger partial charge in [-0.3, -0.25) is 0 Å². The molecular weight excluding hydrogens is 432 g/mol. The monoisotopic (exact) mass is 464 g/mol. The number of aliphatic hydroxyl groups is 1. The number of methoxy groups -OCH3 is 1. The highest BCUT2D eigenvalue weighted by Gasteiger charge is 2.48. The zero-order valence-corrected chi connectivity index (χ0v) is 19.4. The summed E-state index contributed by atoms with van der Waals surface area (Å²) in [6.45, 7) is 0.876. The predicted molar refractivity (Wildman–Crippen MR) is 128 cm³/mol. The molecule has 0 amide bonds. The summed E-state index contributed by atoms with van der Waals surface area (Å²) in [6.07, 6.45) is -2.97. The molecule has 1 aliphatic heterocycles. The Morgan fingerprint density at radius 1 is 0.618 bits per heavy atom. The van der Waals surface area contributed by atoms with Gasteiger partial charge in [0, 0.05) is 7.11 Å². The van der Waals surface area contributed by atoms with Gasteiger partial charge in [-0.25, -0.2) is 0 Å². The van der Waals surface area contributed by atoms with Gasteiger partial charge in [0.1, 0.15) is 24.4 Å². The van der Waals surface area contributed by atoms with E-state index in [4.69, 9.17) is 23.7 Å². The summed E-state index contributed by atoms with van der Waals surface area (Å²) in [5.41, 5.74) is 3.09. The van der Waals surface area contributed by atoms with Crippen molar-refractivity contribution in [3.63, 3.8) is 0 Å². The molecule has 3 aromatic carbocycles. The second-order valence-electron chi connectivity index (χ2n) is 8.24. The molecular formula is C28H32O6. The molecule has 1 heterocycles. The summed E-state index contributed by atoms with van der Waals surface area (Å²) in [7, 11) is 1.57. The van der Waals surface area contributed by atoms with Crippen LogP contribution in [0.3, 0.4) is 0 Å². The highest BCUT2D eigenvalue weighted by Crippen LogP contribution is 2.30. The molecule has 0 radical (unpaired) electrons. The van der Waals surface area contributed by atoms with Gasteiger partial charge in [-0.15, -0.1) is 0 Å². The first kappa shape index (κ1) is 24.5. The fourth-order valence-electron chi connectivity index (χ4n) is 4.08. The molecule has 0 aromatic heterocycles. The van der Waals surface area contributed by atoms with Crippen LogP contribution in [0.15, 0.2) is 91.0 Å². The second kappa shape index (κ2) is 12.8. The van der Waals surface area contributed by atoms with Crippen molar-refractivity contribution in [2.45, 2.75) is 50.5 Å². The molecule has 4 rings (SSSR count). The van der Waals surface area contributed by atoms with Crippen molar-refractivity contribution in [1.29, 1.82) is 0 Å². The number of hydrogen-bond acceptors (Lipinski definition) is 6. The average molecular weight is 465 g/mol. The van der Waals surface area contributed by atoms with Crippen molar-refractivity contribution in [1.82, 2.24) is 0 Å². The Balaban J connectivity index is 1.56. The van der Waals surface area contributed by atoms with Crippen LogP contribution in [-0.2, 0) is 43.5 Å². The first-order valence-corrected chi connectivity index (χ1v) is 11.5. The molecule has 6 nitrogen and oxygen atoms in total. The van der Waals surface area contributed by atoms with E-state index in [1.165, 1.54) is 0 Å². The quantitative estimate of drug-likeness (QED) is 0.461.